The number of nitrogens with zero attached hydrogens (tertiary/aromatic N) is 4. The molecule has 0 saturated carbocycles. The number of pyridine rings is 1. The van der Waals surface area contributed by atoms with Gasteiger partial charge in [0.1, 0.15) is 28.2 Å². The van der Waals surface area contributed by atoms with Gasteiger partial charge in [0.05, 0.1) is 23.9 Å². The van der Waals surface area contributed by atoms with Crippen LogP contribution in [0.3, 0.4) is 0 Å². The van der Waals surface area contributed by atoms with Gasteiger partial charge in [-0.3, -0.25) is 0 Å². The van der Waals surface area contributed by atoms with Gasteiger partial charge in [0.15, 0.2) is 5.82 Å². The summed E-state index contributed by atoms with van der Waals surface area (Å²) in [7, 11) is 1.70. The molecule has 2 aromatic heterocycles. The summed E-state index contributed by atoms with van der Waals surface area (Å²) in [6.45, 7) is 5.39. The summed E-state index contributed by atoms with van der Waals surface area (Å²) >= 11 is 0. The van der Waals surface area contributed by atoms with Crippen LogP contribution in [0.25, 0.3) is 22.2 Å². The van der Waals surface area contributed by atoms with E-state index in [-0.39, 0.29) is 34.6 Å². The van der Waals surface area contributed by atoms with E-state index in [1.54, 1.807) is 18.9 Å². The number of hydrogen-bond acceptors (Lipinski definition) is 8. The van der Waals surface area contributed by atoms with E-state index in [0.29, 0.717) is 19.5 Å². The predicted octanol–water partition coefficient (Wildman–Crippen LogP) is 4.77. The van der Waals surface area contributed by atoms with Crippen LogP contribution >= 0.6 is 0 Å². The van der Waals surface area contributed by atoms with Gasteiger partial charge in [-0.05, 0) is 38.5 Å². The second-order valence-corrected chi connectivity index (χ2v) is 9.48. The van der Waals surface area contributed by atoms with Crippen LogP contribution in [0.4, 0.5) is 39.4 Å². The largest absolute Gasteiger partial charge is 0.474 e. The van der Waals surface area contributed by atoms with Gasteiger partial charge in [-0.1, -0.05) is 0 Å². The molecule has 0 radical (unpaired) electrons. The topological polar surface area (TPSA) is 101 Å². The molecule has 8 nitrogen and oxygen atoms in total. The van der Waals surface area contributed by atoms with Crippen molar-refractivity contribution in [3.8, 4) is 17.1 Å². The van der Waals surface area contributed by atoms with Gasteiger partial charge in [-0.25, -0.2) is 18.7 Å². The number of nitrogen functional groups attached to an aromatic ring is 1. The molecule has 13 heteroatoms. The van der Waals surface area contributed by atoms with Crippen molar-refractivity contribution in [3.63, 3.8) is 0 Å². The van der Waals surface area contributed by atoms with Crippen LogP contribution in [0.1, 0.15) is 31.4 Å². The van der Waals surface area contributed by atoms with Gasteiger partial charge in [0.2, 0.25) is 11.8 Å². The van der Waals surface area contributed by atoms with Crippen molar-refractivity contribution in [1.82, 2.24) is 20.3 Å². The van der Waals surface area contributed by atoms with Gasteiger partial charge >= 0.3 is 6.18 Å². The molecule has 0 saturated heterocycles. The number of alkyl halides is 3. The Balaban J connectivity index is 1.85. The van der Waals surface area contributed by atoms with Crippen LogP contribution in [-0.4, -0.2) is 47.2 Å². The molecular weight excluding hydrogens is 509 g/mol. The third-order valence-electron chi connectivity index (χ3n) is 6.74. The summed E-state index contributed by atoms with van der Waals surface area (Å²) in [5.41, 5.74) is 2.21. The molecule has 6 rings (SSSR count). The molecule has 2 bridgehead atoms. The van der Waals surface area contributed by atoms with Crippen LogP contribution < -0.4 is 26.0 Å². The number of fused-ring (bicyclic) bond motifs is 3. The minimum absolute atomic E-state index is 0.0303. The molecule has 0 aliphatic carbocycles. The van der Waals surface area contributed by atoms with Gasteiger partial charge in [-0.15, -0.1) is 0 Å². The number of benzene rings is 1. The monoisotopic (exact) mass is 535 g/mol. The Kier molecular flexibility index (Phi) is 6.19. The fourth-order valence-corrected chi connectivity index (χ4v) is 4.69. The van der Waals surface area contributed by atoms with E-state index in [1.165, 1.54) is 0 Å². The van der Waals surface area contributed by atoms with Gasteiger partial charge in [0, 0.05) is 37.3 Å². The number of halogens is 5. The smallest absolute Gasteiger partial charge is 0.417 e. The standard InChI is InChI=1S/C25H26F5N7O/c1-5-37(4)24-35-21-16-22(36-24)32-9-13-7-12(33-13)6-10(2)38-23(16)34-20(19(21)27)14-8-15(31)18(26)11(3)17(14)25(28,29)30/h7-8,10,12,33H,5-6,9,31H2,1-4H3,(H,32,35,36)/t10-,12?/m0/s1. The van der Waals surface area contributed by atoms with E-state index in [9.17, 15) is 17.6 Å². The average molecular weight is 536 g/mol. The highest BCUT2D eigenvalue weighted by molar-refractivity contribution is 5.97. The fraction of sp³-hybridized carbons (Fsp3) is 0.400. The Bertz CT molecular complexity index is 1470. The molecule has 202 valence electrons. The molecule has 3 aromatic rings. The number of hydrogen-bond donors (Lipinski definition) is 3. The van der Waals surface area contributed by atoms with Crippen molar-refractivity contribution in [2.45, 2.75) is 45.5 Å². The number of aromatic nitrogens is 3. The molecule has 2 atom stereocenters. The minimum atomic E-state index is -5.02. The molecule has 0 fully saturated rings. The molecular formula is C25H26F5N7O. The van der Waals surface area contributed by atoms with E-state index < -0.39 is 52.0 Å². The zero-order chi connectivity index (χ0) is 27.5. The quantitative estimate of drug-likeness (QED) is 0.326. The highest BCUT2D eigenvalue weighted by Gasteiger charge is 2.39. The van der Waals surface area contributed by atoms with Crippen LogP contribution in [0.5, 0.6) is 5.88 Å². The zero-order valence-corrected chi connectivity index (χ0v) is 21.1. The molecule has 5 heterocycles. The van der Waals surface area contributed by atoms with E-state index >= 15 is 4.39 Å². The lowest BCUT2D eigenvalue weighted by atomic mass is 9.96. The first-order chi connectivity index (χ1) is 17.9. The SMILES string of the molecule is CCN(C)c1nc2c3c(nc(-c4cc(N)c(F)c(C)c4C(F)(F)F)c(F)c3n1)O[C@@H](C)CC1C=C(CN2)N1. The number of nitrogens with two attached hydrogens (primary N) is 1. The Morgan fingerprint density at radius 3 is 2.55 bits per heavy atom. The first-order valence-electron chi connectivity index (χ1n) is 12.0. The second kappa shape index (κ2) is 9.14. The Morgan fingerprint density at radius 1 is 1.18 bits per heavy atom. The third-order valence-corrected chi connectivity index (χ3v) is 6.74. The van der Waals surface area contributed by atoms with Crippen LogP contribution in [0, 0.1) is 18.6 Å². The molecule has 3 aliphatic heterocycles. The minimum Gasteiger partial charge on any atom is -0.474 e. The lowest BCUT2D eigenvalue weighted by molar-refractivity contribution is -0.137. The van der Waals surface area contributed by atoms with Crippen molar-refractivity contribution < 1.29 is 26.7 Å². The zero-order valence-electron chi connectivity index (χ0n) is 21.1. The van der Waals surface area contributed by atoms with Crippen molar-refractivity contribution in [2.24, 2.45) is 0 Å². The summed E-state index contributed by atoms with van der Waals surface area (Å²) in [5.74, 6) is -2.15. The summed E-state index contributed by atoms with van der Waals surface area (Å²) in [6, 6.07) is 0.774. The molecule has 4 N–H and O–H groups in total. The molecule has 0 spiro atoms. The molecule has 38 heavy (non-hydrogen) atoms. The lowest BCUT2D eigenvalue weighted by Crippen LogP contribution is -2.41. The first-order valence-corrected chi connectivity index (χ1v) is 12.0. The third kappa shape index (κ3) is 4.29. The van der Waals surface area contributed by atoms with E-state index in [0.717, 1.165) is 18.7 Å². The average Bonchev–Trinajstić information content (AvgIpc) is 2.87. The van der Waals surface area contributed by atoms with E-state index in [4.69, 9.17) is 10.5 Å². The van der Waals surface area contributed by atoms with Crippen molar-refractivity contribution in [1.29, 1.82) is 0 Å². The maximum absolute atomic E-state index is 16.3. The van der Waals surface area contributed by atoms with Gasteiger partial charge in [-0.2, -0.15) is 18.2 Å². The van der Waals surface area contributed by atoms with Crippen molar-refractivity contribution in [3.05, 3.63) is 40.6 Å². The van der Waals surface area contributed by atoms with E-state index in [1.807, 2.05) is 13.0 Å². The van der Waals surface area contributed by atoms with Crippen molar-refractivity contribution >= 4 is 28.4 Å². The summed E-state index contributed by atoms with van der Waals surface area (Å²) in [5, 5.41) is 6.54. The second-order valence-electron chi connectivity index (χ2n) is 9.48. The Labute approximate surface area is 215 Å². The molecule has 1 aromatic carbocycles. The number of ether oxygens (including phenoxy) is 1. The maximum Gasteiger partial charge on any atom is 0.417 e. The van der Waals surface area contributed by atoms with Crippen LogP contribution in [0.2, 0.25) is 0 Å². The highest BCUT2D eigenvalue weighted by Crippen LogP contribution is 2.45. The summed E-state index contributed by atoms with van der Waals surface area (Å²) in [4.78, 5) is 14.8. The number of rotatable bonds is 3. The number of nitrogens with one attached hydrogen (secondary N) is 2. The highest BCUT2D eigenvalue weighted by atomic mass is 19.4. The predicted molar refractivity (Wildman–Crippen MR) is 134 cm³/mol. The Hall–Kier alpha value is -3.90. The number of anilines is 3. The van der Waals surface area contributed by atoms with Crippen LogP contribution in [0.15, 0.2) is 17.8 Å². The molecule has 3 aliphatic rings. The van der Waals surface area contributed by atoms with Gasteiger partial charge in [0.25, 0.3) is 0 Å². The summed E-state index contributed by atoms with van der Waals surface area (Å²) in [6.07, 6.45) is -2.91. The van der Waals surface area contributed by atoms with Crippen LogP contribution in [-0.2, 0) is 6.18 Å². The fourth-order valence-electron chi connectivity index (χ4n) is 4.69. The van der Waals surface area contributed by atoms with Crippen molar-refractivity contribution in [2.75, 3.05) is 36.1 Å². The molecule has 0 amide bonds. The summed E-state index contributed by atoms with van der Waals surface area (Å²) < 4.78 is 79.3. The normalized spacial score (nSPS) is 18.9. The van der Waals surface area contributed by atoms with E-state index in [2.05, 4.69) is 25.6 Å². The molecule has 1 unspecified atom stereocenters. The van der Waals surface area contributed by atoms with Gasteiger partial charge < -0.3 is 26.0 Å². The Morgan fingerprint density at radius 2 is 1.89 bits per heavy atom. The lowest BCUT2D eigenvalue weighted by Gasteiger charge is -2.30. The first kappa shape index (κ1) is 25.7. The maximum atomic E-state index is 16.3.